The fourth-order valence-electron chi connectivity index (χ4n) is 4.37. The highest BCUT2D eigenvalue weighted by Crippen LogP contribution is 2.41. The van der Waals surface area contributed by atoms with Crippen LogP contribution in [0.4, 0.5) is 10.5 Å². The zero-order valence-corrected chi connectivity index (χ0v) is 21.7. The van der Waals surface area contributed by atoms with E-state index in [1.54, 1.807) is 7.11 Å². The Morgan fingerprint density at radius 2 is 1.94 bits per heavy atom. The summed E-state index contributed by atoms with van der Waals surface area (Å²) in [5, 5.41) is 5.52. The van der Waals surface area contributed by atoms with Crippen molar-refractivity contribution in [3.8, 4) is 5.75 Å². The van der Waals surface area contributed by atoms with Gasteiger partial charge in [0.15, 0.2) is 0 Å². The first-order valence-corrected chi connectivity index (χ1v) is 12.4. The number of rotatable bonds is 11. The number of ether oxygens (including phenoxy) is 4. The van der Waals surface area contributed by atoms with Gasteiger partial charge in [0.25, 0.3) is 0 Å². The molecule has 0 atom stereocenters. The van der Waals surface area contributed by atoms with Crippen molar-refractivity contribution in [2.24, 2.45) is 0 Å². The third-order valence-corrected chi connectivity index (χ3v) is 6.40. The molecule has 0 saturated carbocycles. The summed E-state index contributed by atoms with van der Waals surface area (Å²) in [6.45, 7) is 10.5. The third-order valence-electron chi connectivity index (χ3n) is 6.40. The number of morpholine rings is 1. The lowest BCUT2D eigenvalue weighted by Crippen LogP contribution is -2.38. The second kappa shape index (κ2) is 13.3. The number of carbonyl (C=O) groups excluding carboxylic acids is 3. The molecular weight excluding hydrogens is 466 g/mol. The van der Waals surface area contributed by atoms with Crippen LogP contribution in [0.5, 0.6) is 5.75 Å². The van der Waals surface area contributed by atoms with Gasteiger partial charge in [-0.15, -0.1) is 0 Å². The molecule has 2 heterocycles. The molecule has 3 rings (SSSR count). The quantitative estimate of drug-likeness (QED) is 0.350. The molecule has 2 amide bonds. The van der Waals surface area contributed by atoms with E-state index in [0.717, 1.165) is 24.2 Å². The number of cyclic esters (lactones) is 1. The van der Waals surface area contributed by atoms with Crippen molar-refractivity contribution < 1.29 is 33.3 Å². The van der Waals surface area contributed by atoms with Gasteiger partial charge in [-0.3, -0.25) is 9.69 Å². The molecule has 1 fully saturated rings. The first-order valence-electron chi connectivity index (χ1n) is 12.4. The van der Waals surface area contributed by atoms with Gasteiger partial charge in [-0.25, -0.2) is 9.59 Å². The highest BCUT2D eigenvalue weighted by molar-refractivity contribution is 6.05. The van der Waals surface area contributed by atoms with Crippen molar-refractivity contribution in [3.63, 3.8) is 0 Å². The number of hydrogen-bond acceptors (Lipinski definition) is 8. The number of nitrogens with zero attached hydrogens (tertiary/aromatic N) is 1. The average Bonchev–Trinajstić information content (AvgIpc) is 3.26. The number of anilines is 1. The van der Waals surface area contributed by atoms with Gasteiger partial charge in [0.1, 0.15) is 19.0 Å². The van der Waals surface area contributed by atoms with E-state index in [0.29, 0.717) is 73.9 Å². The number of esters is 2. The Morgan fingerprint density at radius 1 is 1.19 bits per heavy atom. The molecule has 10 nitrogen and oxygen atoms in total. The largest absolute Gasteiger partial charge is 0.496 e. The lowest BCUT2D eigenvalue weighted by Gasteiger charge is -2.26. The van der Waals surface area contributed by atoms with Gasteiger partial charge in [-0.1, -0.05) is 11.6 Å². The molecule has 2 aliphatic heterocycles. The van der Waals surface area contributed by atoms with E-state index >= 15 is 0 Å². The van der Waals surface area contributed by atoms with Crippen LogP contribution in [0.2, 0.25) is 0 Å². The van der Waals surface area contributed by atoms with Gasteiger partial charge in [0, 0.05) is 43.7 Å². The first-order chi connectivity index (χ1) is 17.3. The summed E-state index contributed by atoms with van der Waals surface area (Å²) in [7, 11) is 1.56. The molecule has 0 aliphatic carbocycles. The smallest absolute Gasteiger partial charge is 0.341 e. The number of benzene rings is 1. The van der Waals surface area contributed by atoms with Crippen LogP contribution in [0.1, 0.15) is 53.7 Å². The Bertz CT molecular complexity index is 1000. The standard InChI is InChI=1S/C26H37N3O7/c1-5-27-26(32)28-23-19(24(33-4)18(3)20-16-36-25(31)22(20)23)8-6-17(2)7-9-21(30)35-15-12-29-10-13-34-14-11-29/h6H,5,7-16H2,1-4H3,(H2,27,28,32)/b17-6+. The highest BCUT2D eigenvalue weighted by Gasteiger charge is 2.32. The van der Waals surface area contributed by atoms with Gasteiger partial charge in [-0.05, 0) is 39.2 Å². The molecule has 36 heavy (non-hydrogen) atoms. The second-order valence-electron chi connectivity index (χ2n) is 8.86. The Kier molecular flexibility index (Phi) is 10.1. The Morgan fingerprint density at radius 3 is 2.64 bits per heavy atom. The summed E-state index contributed by atoms with van der Waals surface area (Å²) < 4.78 is 21.7. The number of methoxy groups -OCH3 is 1. The fraction of sp³-hybridized carbons (Fsp3) is 0.577. The summed E-state index contributed by atoms with van der Waals surface area (Å²) in [4.78, 5) is 39.3. The van der Waals surface area contributed by atoms with Crippen molar-refractivity contribution >= 4 is 23.7 Å². The molecule has 10 heteroatoms. The Labute approximate surface area is 212 Å². The van der Waals surface area contributed by atoms with E-state index in [1.807, 2.05) is 26.8 Å². The minimum absolute atomic E-state index is 0.142. The Hall–Kier alpha value is -3.11. The molecule has 0 spiro atoms. The zero-order valence-electron chi connectivity index (χ0n) is 21.7. The van der Waals surface area contributed by atoms with Crippen molar-refractivity contribution in [1.29, 1.82) is 0 Å². The van der Waals surface area contributed by atoms with Crippen LogP contribution >= 0.6 is 0 Å². The number of carbonyl (C=O) groups is 3. The van der Waals surface area contributed by atoms with E-state index < -0.39 is 12.0 Å². The molecule has 1 saturated heterocycles. The van der Waals surface area contributed by atoms with Gasteiger partial charge >= 0.3 is 18.0 Å². The lowest BCUT2D eigenvalue weighted by molar-refractivity contribution is -0.144. The zero-order chi connectivity index (χ0) is 26.1. The highest BCUT2D eigenvalue weighted by atomic mass is 16.5. The SMILES string of the molecule is CCNC(=O)Nc1c(C/C=C(\C)CCC(=O)OCCN2CCOCC2)c(OC)c(C)c2c1C(=O)OC2. The molecule has 198 valence electrons. The molecule has 1 aromatic carbocycles. The topological polar surface area (TPSA) is 115 Å². The molecule has 0 radical (unpaired) electrons. The predicted octanol–water partition coefficient (Wildman–Crippen LogP) is 2.96. The number of fused-ring (bicyclic) bond motifs is 1. The number of nitrogens with one attached hydrogen (secondary N) is 2. The minimum Gasteiger partial charge on any atom is -0.496 e. The molecule has 0 bridgehead atoms. The fourth-order valence-corrected chi connectivity index (χ4v) is 4.37. The number of amides is 2. The van der Waals surface area contributed by atoms with Gasteiger partial charge in [0.2, 0.25) is 0 Å². The predicted molar refractivity (Wildman–Crippen MR) is 134 cm³/mol. The Balaban J connectivity index is 1.67. The third kappa shape index (κ3) is 6.98. The lowest BCUT2D eigenvalue weighted by atomic mass is 9.93. The number of allylic oxidation sites excluding steroid dienone is 2. The number of hydrogen-bond donors (Lipinski definition) is 2. The van der Waals surface area contributed by atoms with Crippen molar-refractivity contribution in [1.82, 2.24) is 10.2 Å². The van der Waals surface area contributed by atoms with E-state index in [4.69, 9.17) is 18.9 Å². The summed E-state index contributed by atoms with van der Waals surface area (Å²) >= 11 is 0. The first kappa shape index (κ1) is 27.5. The van der Waals surface area contributed by atoms with Crippen LogP contribution in [0, 0.1) is 6.92 Å². The van der Waals surface area contributed by atoms with E-state index in [9.17, 15) is 14.4 Å². The summed E-state index contributed by atoms with van der Waals surface area (Å²) in [5.41, 5.74) is 3.97. The van der Waals surface area contributed by atoms with Crippen LogP contribution < -0.4 is 15.4 Å². The molecule has 2 N–H and O–H groups in total. The van der Waals surface area contributed by atoms with Crippen molar-refractivity contribution in [2.45, 2.75) is 46.6 Å². The van der Waals surface area contributed by atoms with E-state index in [2.05, 4.69) is 15.5 Å². The van der Waals surface area contributed by atoms with Crippen LogP contribution in [0.3, 0.4) is 0 Å². The normalized spacial score (nSPS) is 15.8. The second-order valence-corrected chi connectivity index (χ2v) is 8.86. The molecule has 0 unspecified atom stereocenters. The summed E-state index contributed by atoms with van der Waals surface area (Å²) in [6, 6.07) is -0.410. The van der Waals surface area contributed by atoms with E-state index in [-0.39, 0.29) is 19.0 Å². The molecule has 2 aliphatic rings. The maximum atomic E-state index is 12.5. The van der Waals surface area contributed by atoms with Crippen LogP contribution in [0.25, 0.3) is 0 Å². The van der Waals surface area contributed by atoms with Crippen LogP contribution in [-0.4, -0.2) is 76.0 Å². The van der Waals surface area contributed by atoms with Crippen molar-refractivity contribution in [2.75, 3.05) is 58.4 Å². The van der Waals surface area contributed by atoms with Gasteiger partial charge in [-0.2, -0.15) is 0 Å². The van der Waals surface area contributed by atoms with Crippen LogP contribution in [0.15, 0.2) is 11.6 Å². The van der Waals surface area contributed by atoms with Gasteiger partial charge < -0.3 is 29.6 Å². The average molecular weight is 504 g/mol. The van der Waals surface area contributed by atoms with Crippen LogP contribution in [-0.2, 0) is 32.0 Å². The molecule has 1 aromatic rings. The molecule has 0 aromatic heterocycles. The van der Waals surface area contributed by atoms with Crippen molar-refractivity contribution in [3.05, 3.63) is 33.9 Å². The monoisotopic (exact) mass is 503 g/mol. The minimum atomic E-state index is -0.468. The van der Waals surface area contributed by atoms with E-state index in [1.165, 1.54) is 0 Å². The van der Waals surface area contributed by atoms with Gasteiger partial charge in [0.05, 0.1) is 31.6 Å². The maximum absolute atomic E-state index is 12.5. The summed E-state index contributed by atoms with van der Waals surface area (Å²) in [5.74, 6) is -0.0990. The molecular formula is C26H37N3O7. The summed E-state index contributed by atoms with van der Waals surface area (Å²) in [6.07, 6.45) is 3.21. The maximum Gasteiger partial charge on any atom is 0.341 e. The number of urea groups is 1.